The second-order valence-corrected chi connectivity index (χ2v) is 6.56. The fourth-order valence-corrected chi connectivity index (χ4v) is 3.97. The van der Waals surface area contributed by atoms with Crippen molar-refractivity contribution >= 4 is 23.0 Å². The van der Waals surface area contributed by atoms with Crippen LogP contribution in [0.2, 0.25) is 5.02 Å². The molecule has 0 bridgehead atoms. The second-order valence-electron chi connectivity index (χ2n) is 6.15. The minimum absolute atomic E-state index is 0.0233. The number of para-hydroxylation sites is 1. The first-order chi connectivity index (χ1) is 9.43. The molecule has 6 heteroatoms. The topological polar surface area (TPSA) is 58.4 Å². The molecular weight excluding hydrogens is 278 g/mol. The Morgan fingerprint density at radius 1 is 1.45 bits per heavy atom. The molecular formula is C14H18ClN3O2. The normalized spacial score (nSPS) is 27.6. The monoisotopic (exact) mass is 295 g/mol. The van der Waals surface area contributed by atoms with Crippen LogP contribution in [0.25, 0.3) is 0 Å². The third-order valence-electron chi connectivity index (χ3n) is 4.80. The highest BCUT2D eigenvalue weighted by molar-refractivity contribution is 6.33. The van der Waals surface area contributed by atoms with Crippen LogP contribution in [0.1, 0.15) is 13.8 Å². The van der Waals surface area contributed by atoms with E-state index in [0.717, 1.165) is 19.6 Å². The summed E-state index contributed by atoms with van der Waals surface area (Å²) >= 11 is 6.04. The fourth-order valence-electron chi connectivity index (χ4n) is 3.73. The molecule has 1 aromatic rings. The Labute approximate surface area is 123 Å². The molecule has 2 aliphatic rings. The van der Waals surface area contributed by atoms with Gasteiger partial charge in [-0.05, 0) is 37.8 Å². The lowest BCUT2D eigenvalue weighted by atomic mass is 9.84. The predicted octanol–water partition coefficient (Wildman–Crippen LogP) is 2.68. The Balaban J connectivity index is 2.06. The van der Waals surface area contributed by atoms with Gasteiger partial charge in [0.2, 0.25) is 0 Å². The first-order valence-corrected chi connectivity index (χ1v) is 7.22. The highest BCUT2D eigenvalue weighted by Crippen LogP contribution is 2.47. The number of hydrogen-bond acceptors (Lipinski definition) is 4. The van der Waals surface area contributed by atoms with E-state index < -0.39 is 0 Å². The fraction of sp³-hybridized carbons (Fsp3) is 0.571. The summed E-state index contributed by atoms with van der Waals surface area (Å²) in [6.07, 6.45) is 0. The van der Waals surface area contributed by atoms with Gasteiger partial charge in [-0.2, -0.15) is 0 Å². The average molecular weight is 296 g/mol. The summed E-state index contributed by atoms with van der Waals surface area (Å²) in [4.78, 5) is 13.1. The molecule has 2 atom stereocenters. The molecule has 3 rings (SSSR count). The molecule has 1 aromatic carbocycles. The molecule has 0 aromatic heterocycles. The molecule has 2 aliphatic heterocycles. The van der Waals surface area contributed by atoms with E-state index in [9.17, 15) is 10.1 Å². The minimum Gasteiger partial charge on any atom is -0.360 e. The van der Waals surface area contributed by atoms with Gasteiger partial charge in [-0.1, -0.05) is 17.7 Å². The lowest BCUT2D eigenvalue weighted by molar-refractivity contribution is -0.384. The molecule has 0 radical (unpaired) electrons. The molecule has 20 heavy (non-hydrogen) atoms. The zero-order valence-corrected chi connectivity index (χ0v) is 12.4. The number of halogens is 1. The number of anilines is 1. The Bertz CT molecular complexity index is 561. The number of nitrogens with one attached hydrogen (secondary N) is 1. The van der Waals surface area contributed by atoms with Crippen LogP contribution >= 0.6 is 11.6 Å². The predicted molar refractivity (Wildman–Crippen MR) is 79.4 cm³/mol. The molecule has 0 aliphatic carbocycles. The van der Waals surface area contributed by atoms with Gasteiger partial charge in [0.05, 0.1) is 4.92 Å². The standard InChI is InChI=1S/C14H18ClN3O2/c1-14(2)10-7-16-6-9(10)8-17(14)12-5-3-4-11(15)13(12)18(19)20/h3-5,9-10,16H,6-8H2,1-2H3. The van der Waals surface area contributed by atoms with Crippen molar-refractivity contribution < 1.29 is 4.92 Å². The van der Waals surface area contributed by atoms with Crippen molar-refractivity contribution in [2.75, 3.05) is 24.5 Å². The number of benzene rings is 1. The molecule has 108 valence electrons. The SMILES string of the molecule is CC1(C)C2CNCC2CN1c1cccc(Cl)c1[N+](=O)[O-]. The summed E-state index contributed by atoms with van der Waals surface area (Å²) in [7, 11) is 0. The van der Waals surface area contributed by atoms with Gasteiger partial charge in [-0.3, -0.25) is 10.1 Å². The lowest BCUT2D eigenvalue weighted by Crippen LogP contribution is -2.44. The van der Waals surface area contributed by atoms with Gasteiger partial charge in [-0.15, -0.1) is 0 Å². The van der Waals surface area contributed by atoms with E-state index in [1.807, 2.05) is 0 Å². The molecule has 0 amide bonds. The van der Waals surface area contributed by atoms with Gasteiger partial charge in [0.15, 0.2) is 0 Å². The van der Waals surface area contributed by atoms with Crippen LogP contribution in [0.5, 0.6) is 0 Å². The van der Waals surface area contributed by atoms with E-state index in [4.69, 9.17) is 11.6 Å². The number of nitrogens with zero attached hydrogens (tertiary/aromatic N) is 2. The first kappa shape index (κ1) is 13.6. The summed E-state index contributed by atoms with van der Waals surface area (Å²) in [6.45, 7) is 7.12. The van der Waals surface area contributed by atoms with Gasteiger partial charge >= 0.3 is 5.69 Å². The maximum absolute atomic E-state index is 11.3. The van der Waals surface area contributed by atoms with Crippen LogP contribution < -0.4 is 10.2 Å². The van der Waals surface area contributed by atoms with E-state index in [1.165, 1.54) is 0 Å². The quantitative estimate of drug-likeness (QED) is 0.673. The van der Waals surface area contributed by atoms with Gasteiger partial charge in [-0.25, -0.2) is 0 Å². The van der Waals surface area contributed by atoms with Crippen molar-refractivity contribution in [2.45, 2.75) is 19.4 Å². The van der Waals surface area contributed by atoms with Gasteiger partial charge in [0, 0.05) is 25.2 Å². The van der Waals surface area contributed by atoms with Crippen LogP contribution in [0.3, 0.4) is 0 Å². The van der Waals surface area contributed by atoms with E-state index in [-0.39, 0.29) is 21.2 Å². The molecule has 2 fully saturated rings. The van der Waals surface area contributed by atoms with Crippen LogP contribution in [-0.2, 0) is 0 Å². The van der Waals surface area contributed by atoms with Crippen molar-refractivity contribution in [1.29, 1.82) is 0 Å². The maximum Gasteiger partial charge on any atom is 0.310 e. The summed E-state index contributed by atoms with van der Waals surface area (Å²) in [5, 5.41) is 15.0. The third kappa shape index (κ3) is 1.88. The highest BCUT2D eigenvalue weighted by Gasteiger charge is 2.50. The molecule has 2 saturated heterocycles. The van der Waals surface area contributed by atoms with E-state index in [1.54, 1.807) is 18.2 Å². The Morgan fingerprint density at radius 2 is 2.20 bits per heavy atom. The van der Waals surface area contributed by atoms with E-state index in [2.05, 4.69) is 24.1 Å². The molecule has 1 N–H and O–H groups in total. The van der Waals surface area contributed by atoms with Crippen LogP contribution in [0, 0.1) is 22.0 Å². The van der Waals surface area contributed by atoms with Crippen molar-refractivity contribution in [3.63, 3.8) is 0 Å². The van der Waals surface area contributed by atoms with Crippen molar-refractivity contribution in [3.05, 3.63) is 33.3 Å². The number of rotatable bonds is 2. The van der Waals surface area contributed by atoms with E-state index in [0.29, 0.717) is 17.5 Å². The Hall–Kier alpha value is -1.33. The van der Waals surface area contributed by atoms with Gasteiger partial charge in [0.1, 0.15) is 10.7 Å². The zero-order chi connectivity index (χ0) is 14.5. The van der Waals surface area contributed by atoms with Crippen molar-refractivity contribution in [1.82, 2.24) is 5.32 Å². The summed E-state index contributed by atoms with van der Waals surface area (Å²) in [5.41, 5.74) is 0.556. The lowest BCUT2D eigenvalue weighted by Gasteiger charge is -2.37. The Morgan fingerprint density at radius 3 is 2.85 bits per heavy atom. The van der Waals surface area contributed by atoms with Crippen molar-refractivity contribution in [2.24, 2.45) is 11.8 Å². The number of nitro benzene ring substituents is 1. The number of fused-ring (bicyclic) bond motifs is 1. The largest absolute Gasteiger partial charge is 0.360 e. The average Bonchev–Trinajstić information content (AvgIpc) is 2.91. The summed E-state index contributed by atoms with van der Waals surface area (Å²) in [6, 6.07) is 5.17. The molecule has 2 unspecified atom stereocenters. The van der Waals surface area contributed by atoms with Crippen LogP contribution in [0.4, 0.5) is 11.4 Å². The highest BCUT2D eigenvalue weighted by atomic mass is 35.5. The van der Waals surface area contributed by atoms with Crippen LogP contribution in [0.15, 0.2) is 18.2 Å². The van der Waals surface area contributed by atoms with E-state index >= 15 is 0 Å². The second kappa shape index (κ2) is 4.60. The Kier molecular flexibility index (Phi) is 3.14. The minimum atomic E-state index is -0.375. The number of nitro groups is 1. The van der Waals surface area contributed by atoms with Crippen LogP contribution in [-0.4, -0.2) is 30.1 Å². The molecule has 5 nitrogen and oxygen atoms in total. The molecule has 2 heterocycles. The number of hydrogen-bond donors (Lipinski definition) is 1. The smallest absolute Gasteiger partial charge is 0.310 e. The van der Waals surface area contributed by atoms with Gasteiger partial charge in [0.25, 0.3) is 0 Å². The zero-order valence-electron chi connectivity index (χ0n) is 11.6. The molecule has 0 spiro atoms. The first-order valence-electron chi connectivity index (χ1n) is 6.84. The molecule has 0 saturated carbocycles. The summed E-state index contributed by atoms with van der Waals surface area (Å²) in [5.74, 6) is 1.06. The maximum atomic E-state index is 11.3. The third-order valence-corrected chi connectivity index (χ3v) is 5.10. The summed E-state index contributed by atoms with van der Waals surface area (Å²) < 4.78 is 0. The van der Waals surface area contributed by atoms with Crippen molar-refractivity contribution in [3.8, 4) is 0 Å². The van der Waals surface area contributed by atoms with Gasteiger partial charge < -0.3 is 10.2 Å².